The lowest BCUT2D eigenvalue weighted by Crippen LogP contribution is -2.44. The number of benzene rings is 1. The molecule has 2 fully saturated rings. The third-order valence-corrected chi connectivity index (χ3v) is 5.00. The van der Waals surface area contributed by atoms with Gasteiger partial charge < -0.3 is 14.5 Å². The molecule has 1 heterocycles. The molecule has 0 N–H and O–H groups in total. The van der Waals surface area contributed by atoms with Gasteiger partial charge in [-0.2, -0.15) is 0 Å². The van der Waals surface area contributed by atoms with Gasteiger partial charge in [-0.15, -0.1) is 0 Å². The van der Waals surface area contributed by atoms with Gasteiger partial charge in [0.15, 0.2) is 0 Å². The van der Waals surface area contributed by atoms with Crippen LogP contribution in [0.3, 0.4) is 0 Å². The van der Waals surface area contributed by atoms with Crippen LogP contribution in [0.15, 0.2) is 18.2 Å². The van der Waals surface area contributed by atoms with Crippen molar-refractivity contribution in [3.8, 4) is 5.75 Å². The largest absolute Gasteiger partial charge is 0.492 e. The number of hydrogen-bond donors (Lipinski definition) is 0. The van der Waals surface area contributed by atoms with E-state index >= 15 is 0 Å². The molecule has 0 radical (unpaired) electrons. The number of ether oxygens (including phenoxy) is 1. The van der Waals surface area contributed by atoms with E-state index < -0.39 is 0 Å². The summed E-state index contributed by atoms with van der Waals surface area (Å²) in [4.78, 5) is 4.96. The minimum Gasteiger partial charge on any atom is -0.492 e. The van der Waals surface area contributed by atoms with Crippen LogP contribution in [-0.4, -0.2) is 56.2 Å². The van der Waals surface area contributed by atoms with E-state index in [4.69, 9.17) is 16.3 Å². The van der Waals surface area contributed by atoms with Crippen LogP contribution in [0.5, 0.6) is 5.75 Å². The summed E-state index contributed by atoms with van der Waals surface area (Å²) >= 11 is 6.34. The third kappa shape index (κ3) is 4.87. The topological polar surface area (TPSA) is 15.7 Å². The number of aryl methyl sites for hydroxylation is 1. The molecule has 1 aliphatic carbocycles. The first-order valence-corrected chi connectivity index (χ1v) is 8.90. The summed E-state index contributed by atoms with van der Waals surface area (Å²) in [6, 6.07) is 6.28. The van der Waals surface area contributed by atoms with Crippen LogP contribution in [0.1, 0.15) is 24.8 Å². The summed E-state index contributed by atoms with van der Waals surface area (Å²) in [5.41, 5.74) is 1.32. The summed E-state index contributed by atoms with van der Waals surface area (Å²) in [7, 11) is 2.20. The van der Waals surface area contributed by atoms with Crippen molar-refractivity contribution in [1.29, 1.82) is 0 Å². The van der Waals surface area contributed by atoms with Gasteiger partial charge in [0.25, 0.3) is 0 Å². The smallest absolute Gasteiger partial charge is 0.137 e. The van der Waals surface area contributed by atoms with Crippen LogP contribution in [0.2, 0.25) is 5.02 Å². The van der Waals surface area contributed by atoms with Crippen LogP contribution in [0.4, 0.5) is 0 Å². The normalized spacial score (nSPS) is 20.3. The zero-order chi connectivity index (χ0) is 15.4. The molecule has 0 amide bonds. The first-order chi connectivity index (χ1) is 10.7. The van der Waals surface area contributed by atoms with Crippen LogP contribution in [0.25, 0.3) is 0 Å². The molecule has 122 valence electrons. The Kier molecular flexibility index (Phi) is 5.61. The van der Waals surface area contributed by atoms with E-state index in [0.29, 0.717) is 0 Å². The molecule has 0 aromatic heterocycles. The maximum absolute atomic E-state index is 6.34. The van der Waals surface area contributed by atoms with Crippen molar-refractivity contribution in [3.05, 3.63) is 28.8 Å². The van der Waals surface area contributed by atoms with E-state index in [0.717, 1.165) is 29.7 Å². The zero-order valence-corrected chi connectivity index (χ0v) is 14.3. The molecular weight excluding hydrogens is 296 g/mol. The number of likely N-dealkylation sites (N-methyl/N-ethyl adjacent to an activating group) is 1. The van der Waals surface area contributed by atoms with Crippen LogP contribution >= 0.6 is 11.6 Å². The molecular formula is C18H27ClN2O. The highest BCUT2D eigenvalue weighted by molar-refractivity contribution is 6.32. The molecule has 0 spiro atoms. The van der Waals surface area contributed by atoms with Gasteiger partial charge in [0.2, 0.25) is 0 Å². The van der Waals surface area contributed by atoms with E-state index in [-0.39, 0.29) is 0 Å². The molecule has 0 unspecified atom stereocenters. The molecule has 4 heteroatoms. The van der Waals surface area contributed by atoms with E-state index in [9.17, 15) is 0 Å². The van der Waals surface area contributed by atoms with Gasteiger partial charge in [0.1, 0.15) is 5.75 Å². The van der Waals surface area contributed by atoms with Gasteiger partial charge in [-0.1, -0.05) is 17.7 Å². The second kappa shape index (κ2) is 7.67. The number of hydrogen-bond acceptors (Lipinski definition) is 3. The van der Waals surface area contributed by atoms with Crippen molar-refractivity contribution < 1.29 is 4.74 Å². The van der Waals surface area contributed by atoms with Gasteiger partial charge in [-0.3, -0.25) is 0 Å². The van der Waals surface area contributed by atoms with E-state index in [1.807, 2.05) is 6.07 Å². The standard InChI is InChI=1S/C18H27ClN2O/c1-20-9-11-21(12-10-20)8-2-3-15-6-7-18(17(19)13-15)22-14-16-4-5-16/h6-7,13,16H,2-5,8-12,14H2,1H3. The molecule has 2 aliphatic rings. The monoisotopic (exact) mass is 322 g/mol. The Morgan fingerprint density at radius 2 is 1.95 bits per heavy atom. The van der Waals surface area contributed by atoms with Crippen molar-refractivity contribution in [2.45, 2.75) is 25.7 Å². The summed E-state index contributed by atoms with van der Waals surface area (Å²) in [6.45, 7) is 6.79. The first-order valence-electron chi connectivity index (χ1n) is 8.53. The first kappa shape index (κ1) is 16.1. The molecule has 0 atom stereocenters. The van der Waals surface area contributed by atoms with Gasteiger partial charge in [0, 0.05) is 26.2 Å². The van der Waals surface area contributed by atoms with Gasteiger partial charge in [0.05, 0.1) is 11.6 Å². The number of rotatable bonds is 7. The van der Waals surface area contributed by atoms with Crippen molar-refractivity contribution >= 4 is 11.6 Å². The fraction of sp³-hybridized carbons (Fsp3) is 0.667. The average molecular weight is 323 g/mol. The average Bonchev–Trinajstić information content (AvgIpc) is 3.33. The predicted octanol–water partition coefficient (Wildman–Crippen LogP) is 3.31. The molecule has 1 aromatic carbocycles. The van der Waals surface area contributed by atoms with Crippen molar-refractivity contribution in [2.75, 3.05) is 46.4 Å². The molecule has 1 aliphatic heterocycles. The summed E-state index contributed by atoms with van der Waals surface area (Å²) in [6.07, 6.45) is 4.90. The molecule has 22 heavy (non-hydrogen) atoms. The molecule has 3 nitrogen and oxygen atoms in total. The molecule has 3 rings (SSSR count). The Bertz CT molecular complexity index is 482. The summed E-state index contributed by atoms with van der Waals surface area (Å²) in [5, 5.41) is 0.762. The highest BCUT2D eigenvalue weighted by atomic mass is 35.5. The van der Waals surface area contributed by atoms with Gasteiger partial charge >= 0.3 is 0 Å². The Morgan fingerprint density at radius 3 is 2.64 bits per heavy atom. The highest BCUT2D eigenvalue weighted by Crippen LogP contribution is 2.32. The number of nitrogens with zero attached hydrogens (tertiary/aromatic N) is 2. The fourth-order valence-electron chi connectivity index (χ4n) is 2.89. The van der Waals surface area contributed by atoms with Crippen molar-refractivity contribution in [2.24, 2.45) is 5.92 Å². The second-order valence-electron chi connectivity index (χ2n) is 6.77. The van der Waals surface area contributed by atoms with Gasteiger partial charge in [-0.05, 0) is 62.9 Å². The minimum atomic E-state index is 0.762. The summed E-state index contributed by atoms with van der Waals surface area (Å²) < 4.78 is 5.78. The predicted molar refractivity (Wildman–Crippen MR) is 91.9 cm³/mol. The Hall–Kier alpha value is -0.770. The minimum absolute atomic E-state index is 0.762. The SMILES string of the molecule is CN1CCN(CCCc2ccc(OCC3CC3)c(Cl)c2)CC1. The molecule has 0 bridgehead atoms. The Labute approximate surface area is 139 Å². The third-order valence-electron chi connectivity index (χ3n) is 4.70. The van der Waals surface area contributed by atoms with E-state index in [1.165, 1.54) is 57.5 Å². The lowest BCUT2D eigenvalue weighted by Gasteiger charge is -2.32. The van der Waals surface area contributed by atoms with Crippen molar-refractivity contribution in [1.82, 2.24) is 9.80 Å². The maximum Gasteiger partial charge on any atom is 0.137 e. The lowest BCUT2D eigenvalue weighted by atomic mass is 10.1. The summed E-state index contributed by atoms with van der Waals surface area (Å²) in [5.74, 6) is 1.61. The molecule has 1 saturated carbocycles. The van der Waals surface area contributed by atoms with Crippen molar-refractivity contribution in [3.63, 3.8) is 0 Å². The van der Waals surface area contributed by atoms with Crippen LogP contribution < -0.4 is 4.74 Å². The van der Waals surface area contributed by atoms with E-state index in [1.54, 1.807) is 0 Å². The lowest BCUT2D eigenvalue weighted by molar-refractivity contribution is 0.153. The fourth-order valence-corrected chi connectivity index (χ4v) is 3.15. The Balaban J connectivity index is 1.41. The zero-order valence-electron chi connectivity index (χ0n) is 13.6. The van der Waals surface area contributed by atoms with E-state index in [2.05, 4.69) is 29.0 Å². The van der Waals surface area contributed by atoms with Crippen LogP contribution in [-0.2, 0) is 6.42 Å². The Morgan fingerprint density at radius 1 is 1.18 bits per heavy atom. The number of piperazine rings is 1. The van der Waals surface area contributed by atoms with Crippen LogP contribution in [0, 0.1) is 5.92 Å². The number of halogens is 1. The molecule has 1 saturated heterocycles. The van der Waals surface area contributed by atoms with Gasteiger partial charge in [-0.25, -0.2) is 0 Å². The highest BCUT2D eigenvalue weighted by Gasteiger charge is 2.22. The quantitative estimate of drug-likeness (QED) is 0.766. The second-order valence-corrected chi connectivity index (χ2v) is 7.17. The molecule has 1 aromatic rings. The maximum atomic E-state index is 6.34.